The van der Waals surface area contributed by atoms with Crippen LogP contribution in [0.5, 0.6) is 0 Å². The zero-order valence-electron chi connectivity index (χ0n) is 13.5. The number of β-amino-alcohol motifs (C(OH)–C–C–N with tert-alkyl or cyclic N) is 1. The lowest BCUT2D eigenvalue weighted by Crippen LogP contribution is -2.50. The highest BCUT2D eigenvalue weighted by atomic mass is 16.3. The first kappa shape index (κ1) is 15.9. The van der Waals surface area contributed by atoms with Crippen LogP contribution in [0.2, 0.25) is 0 Å². The molecule has 1 aromatic heterocycles. The molecule has 2 heterocycles. The summed E-state index contributed by atoms with van der Waals surface area (Å²) in [5, 5.41) is 10.7. The lowest BCUT2D eigenvalue weighted by molar-refractivity contribution is 0.0525. The molecular formula is C18H23N3O2. The smallest absolute Gasteiger partial charge is 0.254 e. The van der Waals surface area contributed by atoms with E-state index >= 15 is 0 Å². The second kappa shape index (κ2) is 7.06. The Bertz CT molecular complexity index is 676. The Morgan fingerprint density at radius 3 is 2.74 bits per heavy atom. The van der Waals surface area contributed by atoms with Gasteiger partial charge in [-0.25, -0.2) is 0 Å². The van der Waals surface area contributed by atoms with Gasteiger partial charge >= 0.3 is 0 Å². The average Bonchev–Trinajstić information content (AvgIpc) is 2.61. The SMILES string of the molecule is CCC(O)CN1CCN(C(=O)c2cccc3ncccc23)CC1. The molecule has 3 rings (SSSR count). The summed E-state index contributed by atoms with van der Waals surface area (Å²) < 4.78 is 0. The Hall–Kier alpha value is -1.98. The van der Waals surface area contributed by atoms with E-state index in [2.05, 4.69) is 9.88 Å². The number of carbonyl (C=O) groups excluding carboxylic acids is 1. The first-order valence-electron chi connectivity index (χ1n) is 8.22. The van der Waals surface area contributed by atoms with Gasteiger partial charge in [0.05, 0.1) is 11.6 Å². The van der Waals surface area contributed by atoms with Crippen LogP contribution in [0.4, 0.5) is 0 Å². The van der Waals surface area contributed by atoms with Crippen molar-refractivity contribution in [3.05, 3.63) is 42.1 Å². The monoisotopic (exact) mass is 313 g/mol. The number of amides is 1. The van der Waals surface area contributed by atoms with Crippen LogP contribution in [-0.4, -0.2) is 64.6 Å². The van der Waals surface area contributed by atoms with Crippen molar-refractivity contribution in [1.29, 1.82) is 0 Å². The van der Waals surface area contributed by atoms with Crippen LogP contribution in [0.25, 0.3) is 10.9 Å². The van der Waals surface area contributed by atoms with Gasteiger partial charge in [0.1, 0.15) is 0 Å². The van der Waals surface area contributed by atoms with Crippen molar-refractivity contribution < 1.29 is 9.90 Å². The highest BCUT2D eigenvalue weighted by Crippen LogP contribution is 2.19. The van der Waals surface area contributed by atoms with Gasteiger partial charge in [-0.2, -0.15) is 0 Å². The Balaban J connectivity index is 1.70. The second-order valence-corrected chi connectivity index (χ2v) is 6.03. The van der Waals surface area contributed by atoms with Crippen molar-refractivity contribution >= 4 is 16.8 Å². The lowest BCUT2D eigenvalue weighted by Gasteiger charge is -2.35. The highest BCUT2D eigenvalue weighted by Gasteiger charge is 2.24. The van der Waals surface area contributed by atoms with Crippen LogP contribution in [0.3, 0.4) is 0 Å². The first-order chi connectivity index (χ1) is 11.2. The van der Waals surface area contributed by atoms with Crippen LogP contribution in [0.15, 0.2) is 36.5 Å². The molecule has 1 unspecified atom stereocenters. The summed E-state index contributed by atoms with van der Waals surface area (Å²) in [6.07, 6.45) is 2.23. The van der Waals surface area contributed by atoms with Crippen molar-refractivity contribution in [2.45, 2.75) is 19.4 Å². The van der Waals surface area contributed by atoms with Crippen LogP contribution in [0, 0.1) is 0 Å². The van der Waals surface area contributed by atoms with E-state index in [4.69, 9.17) is 0 Å². The number of carbonyl (C=O) groups is 1. The number of hydrogen-bond donors (Lipinski definition) is 1. The Morgan fingerprint density at radius 2 is 2.00 bits per heavy atom. The van der Waals surface area contributed by atoms with Crippen molar-refractivity contribution in [3.8, 4) is 0 Å². The van der Waals surface area contributed by atoms with Crippen molar-refractivity contribution in [2.75, 3.05) is 32.7 Å². The summed E-state index contributed by atoms with van der Waals surface area (Å²) in [5.41, 5.74) is 1.57. The third-order valence-electron chi connectivity index (χ3n) is 4.48. The summed E-state index contributed by atoms with van der Waals surface area (Å²) in [6, 6.07) is 9.50. The number of nitrogens with zero attached hydrogens (tertiary/aromatic N) is 3. The van der Waals surface area contributed by atoms with Gasteiger partial charge in [-0.05, 0) is 24.6 Å². The summed E-state index contributed by atoms with van der Waals surface area (Å²) >= 11 is 0. The van der Waals surface area contributed by atoms with Crippen LogP contribution in [0.1, 0.15) is 23.7 Å². The van der Waals surface area contributed by atoms with Gasteiger partial charge in [0.15, 0.2) is 0 Å². The topological polar surface area (TPSA) is 56.7 Å². The van der Waals surface area contributed by atoms with Gasteiger partial charge in [-0.3, -0.25) is 14.7 Å². The summed E-state index contributed by atoms with van der Waals surface area (Å²) in [4.78, 5) is 21.3. The molecule has 5 heteroatoms. The van der Waals surface area contributed by atoms with Gasteiger partial charge in [-0.15, -0.1) is 0 Å². The van der Waals surface area contributed by atoms with E-state index < -0.39 is 0 Å². The zero-order valence-corrected chi connectivity index (χ0v) is 13.5. The molecule has 5 nitrogen and oxygen atoms in total. The van der Waals surface area contributed by atoms with E-state index in [1.807, 2.05) is 42.2 Å². The molecule has 122 valence electrons. The minimum Gasteiger partial charge on any atom is -0.392 e. The van der Waals surface area contributed by atoms with E-state index in [9.17, 15) is 9.90 Å². The fraction of sp³-hybridized carbons (Fsp3) is 0.444. The predicted molar refractivity (Wildman–Crippen MR) is 90.4 cm³/mol. The quantitative estimate of drug-likeness (QED) is 0.934. The normalized spacial score (nSPS) is 17.4. The number of pyridine rings is 1. The largest absolute Gasteiger partial charge is 0.392 e. The third-order valence-corrected chi connectivity index (χ3v) is 4.48. The Morgan fingerprint density at radius 1 is 1.22 bits per heavy atom. The third kappa shape index (κ3) is 3.51. The summed E-state index contributed by atoms with van der Waals surface area (Å²) in [7, 11) is 0. The fourth-order valence-corrected chi connectivity index (χ4v) is 3.02. The summed E-state index contributed by atoms with van der Waals surface area (Å²) in [6.45, 7) is 5.70. The van der Waals surface area contributed by atoms with Gasteiger partial charge in [-0.1, -0.05) is 19.1 Å². The van der Waals surface area contributed by atoms with Gasteiger partial charge in [0, 0.05) is 49.9 Å². The molecule has 1 aliphatic heterocycles. The number of aliphatic hydroxyl groups excluding tert-OH is 1. The molecule has 1 fully saturated rings. The van der Waals surface area contributed by atoms with Gasteiger partial charge in [0.25, 0.3) is 5.91 Å². The van der Waals surface area contributed by atoms with Crippen LogP contribution in [-0.2, 0) is 0 Å². The molecule has 0 aliphatic carbocycles. The van der Waals surface area contributed by atoms with E-state index in [0.717, 1.165) is 36.0 Å². The number of aliphatic hydroxyl groups is 1. The number of fused-ring (bicyclic) bond motifs is 1. The van der Waals surface area contributed by atoms with Crippen LogP contribution < -0.4 is 0 Å². The standard InChI is InChI=1S/C18H23N3O2/c1-2-14(22)13-20-9-11-21(12-10-20)18(23)16-5-3-7-17-15(16)6-4-8-19-17/h3-8,14,22H,2,9-13H2,1H3. The summed E-state index contributed by atoms with van der Waals surface area (Å²) in [5.74, 6) is 0.0688. The molecule has 0 spiro atoms. The number of benzene rings is 1. The molecule has 1 amide bonds. The fourth-order valence-electron chi connectivity index (χ4n) is 3.02. The van der Waals surface area contributed by atoms with Crippen molar-refractivity contribution in [1.82, 2.24) is 14.8 Å². The minimum absolute atomic E-state index is 0.0688. The Labute approximate surface area is 136 Å². The van der Waals surface area contributed by atoms with Crippen molar-refractivity contribution in [2.24, 2.45) is 0 Å². The van der Waals surface area contributed by atoms with Crippen molar-refractivity contribution in [3.63, 3.8) is 0 Å². The highest BCUT2D eigenvalue weighted by molar-refractivity contribution is 6.06. The molecular weight excluding hydrogens is 290 g/mol. The molecule has 1 atom stereocenters. The minimum atomic E-state index is -0.276. The molecule has 23 heavy (non-hydrogen) atoms. The number of piperazine rings is 1. The van der Waals surface area contributed by atoms with E-state index in [1.165, 1.54) is 0 Å². The molecule has 1 aromatic carbocycles. The first-order valence-corrected chi connectivity index (χ1v) is 8.22. The molecule has 0 bridgehead atoms. The lowest BCUT2D eigenvalue weighted by atomic mass is 10.1. The zero-order chi connectivity index (χ0) is 16.2. The molecule has 1 aliphatic rings. The van der Waals surface area contributed by atoms with Gasteiger partial charge in [0.2, 0.25) is 0 Å². The molecule has 0 radical (unpaired) electrons. The maximum Gasteiger partial charge on any atom is 0.254 e. The number of rotatable bonds is 4. The maximum atomic E-state index is 12.8. The predicted octanol–water partition coefficient (Wildman–Crippen LogP) is 1.76. The molecule has 1 N–H and O–H groups in total. The Kier molecular flexibility index (Phi) is 4.88. The number of aromatic nitrogens is 1. The number of hydrogen-bond acceptors (Lipinski definition) is 4. The molecule has 2 aromatic rings. The van der Waals surface area contributed by atoms with E-state index in [1.54, 1.807) is 6.20 Å². The average molecular weight is 313 g/mol. The van der Waals surface area contributed by atoms with E-state index in [0.29, 0.717) is 19.6 Å². The van der Waals surface area contributed by atoms with Crippen LogP contribution >= 0.6 is 0 Å². The van der Waals surface area contributed by atoms with E-state index in [-0.39, 0.29) is 12.0 Å². The molecule has 1 saturated heterocycles. The van der Waals surface area contributed by atoms with Gasteiger partial charge < -0.3 is 10.0 Å². The second-order valence-electron chi connectivity index (χ2n) is 6.03. The molecule has 0 saturated carbocycles. The maximum absolute atomic E-state index is 12.8.